The van der Waals surface area contributed by atoms with Crippen LogP contribution in [0.3, 0.4) is 0 Å². The summed E-state index contributed by atoms with van der Waals surface area (Å²) in [7, 11) is -3.45. The minimum Gasteiger partial charge on any atom is -0.273 e. The molecule has 0 radical (unpaired) electrons. The highest BCUT2D eigenvalue weighted by molar-refractivity contribution is 7.94. The molecular weight excluding hydrogens is 202 g/mol. The number of carbonyl (C=O) groups is 1. The largest absolute Gasteiger partial charge is 0.273 e. The van der Waals surface area contributed by atoms with Crippen LogP contribution in [0.15, 0.2) is 10.5 Å². The lowest BCUT2D eigenvalue weighted by atomic mass is 9.71. The highest BCUT2D eigenvalue weighted by Crippen LogP contribution is 2.49. The topological polar surface area (TPSA) is 63.2 Å². The highest BCUT2D eigenvalue weighted by atomic mass is 32.2. The SMILES string of the molecule is O=C1NS(=O)(=O)C2=C3CCC(CC3)C12. The first-order chi connectivity index (χ1) is 6.59. The number of amides is 1. The summed E-state index contributed by atoms with van der Waals surface area (Å²) in [4.78, 5) is 11.9. The van der Waals surface area contributed by atoms with Gasteiger partial charge in [-0.25, -0.2) is 13.1 Å². The molecule has 1 saturated heterocycles. The zero-order chi connectivity index (χ0) is 9.92. The van der Waals surface area contributed by atoms with Crippen LogP contribution in [0.4, 0.5) is 0 Å². The highest BCUT2D eigenvalue weighted by Gasteiger charge is 2.50. The minimum absolute atomic E-state index is 0.264. The Balaban J connectivity index is 2.27. The molecule has 3 aliphatic carbocycles. The standard InChI is InChI=1S/C9H11NO3S/c11-9-7-5-1-3-6(4-2-5)8(7)14(12,13)10-9/h5,7H,1-4H2,(H,10,11). The van der Waals surface area contributed by atoms with Crippen molar-refractivity contribution in [1.29, 1.82) is 0 Å². The Labute approximate surface area is 82.4 Å². The summed E-state index contributed by atoms with van der Waals surface area (Å²) >= 11 is 0. The predicted molar refractivity (Wildman–Crippen MR) is 49.5 cm³/mol. The average molecular weight is 213 g/mol. The molecule has 1 heterocycles. The van der Waals surface area contributed by atoms with Gasteiger partial charge in [-0.1, -0.05) is 5.57 Å². The van der Waals surface area contributed by atoms with Crippen molar-refractivity contribution in [2.75, 3.05) is 0 Å². The average Bonchev–Trinajstić information content (AvgIpc) is 2.41. The number of rotatable bonds is 0. The molecule has 4 nitrogen and oxygen atoms in total. The Morgan fingerprint density at radius 2 is 1.86 bits per heavy atom. The molecule has 1 aliphatic heterocycles. The van der Waals surface area contributed by atoms with Crippen LogP contribution in [0.2, 0.25) is 0 Å². The van der Waals surface area contributed by atoms with Gasteiger partial charge in [0.2, 0.25) is 5.91 Å². The summed E-state index contributed by atoms with van der Waals surface area (Å²) < 4.78 is 25.3. The van der Waals surface area contributed by atoms with E-state index in [-0.39, 0.29) is 17.7 Å². The van der Waals surface area contributed by atoms with Crippen molar-refractivity contribution in [3.63, 3.8) is 0 Å². The van der Waals surface area contributed by atoms with Crippen molar-refractivity contribution in [1.82, 2.24) is 4.72 Å². The third-order valence-corrected chi connectivity index (χ3v) is 5.13. The van der Waals surface area contributed by atoms with Crippen molar-refractivity contribution < 1.29 is 13.2 Å². The minimum atomic E-state index is -3.45. The predicted octanol–water partition coefficient (Wildman–Crippen LogP) is 0.520. The molecule has 0 aromatic heterocycles. The van der Waals surface area contributed by atoms with E-state index in [9.17, 15) is 13.2 Å². The van der Waals surface area contributed by atoms with Crippen LogP contribution >= 0.6 is 0 Å². The Hall–Kier alpha value is -0.840. The fourth-order valence-corrected chi connectivity index (χ4v) is 4.66. The summed E-state index contributed by atoms with van der Waals surface area (Å²) in [5.74, 6) is -0.390. The van der Waals surface area contributed by atoms with Gasteiger partial charge in [-0.3, -0.25) is 4.79 Å². The first-order valence-corrected chi connectivity index (χ1v) is 6.36. The smallest absolute Gasteiger partial charge is 0.260 e. The van der Waals surface area contributed by atoms with E-state index in [1.54, 1.807) is 0 Å². The number of nitrogens with one attached hydrogen (secondary N) is 1. The molecule has 4 aliphatic rings. The molecular formula is C9H11NO3S. The van der Waals surface area contributed by atoms with Gasteiger partial charge in [-0.05, 0) is 31.6 Å². The molecule has 0 spiro atoms. The maximum Gasteiger partial charge on any atom is 0.260 e. The second-order valence-corrected chi connectivity index (χ2v) is 5.90. The molecule has 76 valence electrons. The fourth-order valence-electron chi connectivity index (χ4n) is 2.94. The van der Waals surface area contributed by atoms with Gasteiger partial charge in [-0.2, -0.15) is 0 Å². The van der Waals surface area contributed by atoms with Crippen molar-refractivity contribution in [3.05, 3.63) is 10.5 Å². The van der Waals surface area contributed by atoms with E-state index in [0.29, 0.717) is 4.91 Å². The number of hydrogen-bond acceptors (Lipinski definition) is 3. The van der Waals surface area contributed by atoms with E-state index < -0.39 is 10.0 Å². The van der Waals surface area contributed by atoms with E-state index in [0.717, 1.165) is 31.3 Å². The summed E-state index contributed by atoms with van der Waals surface area (Å²) in [6, 6.07) is 0. The lowest BCUT2D eigenvalue weighted by molar-refractivity contribution is -0.123. The first kappa shape index (κ1) is 8.47. The van der Waals surface area contributed by atoms with Crippen LogP contribution in [0.25, 0.3) is 0 Å². The molecule has 1 saturated carbocycles. The summed E-state index contributed by atoms with van der Waals surface area (Å²) in [5.41, 5.74) is 0.996. The second-order valence-electron chi connectivity index (χ2n) is 4.25. The van der Waals surface area contributed by atoms with Gasteiger partial charge in [-0.15, -0.1) is 0 Å². The molecule has 2 fully saturated rings. The Morgan fingerprint density at radius 3 is 2.43 bits per heavy atom. The van der Waals surface area contributed by atoms with Crippen LogP contribution in [0, 0.1) is 11.8 Å². The lowest BCUT2D eigenvalue weighted by Crippen LogP contribution is -2.31. The van der Waals surface area contributed by atoms with E-state index >= 15 is 0 Å². The molecule has 0 aromatic carbocycles. The van der Waals surface area contributed by atoms with Gasteiger partial charge < -0.3 is 0 Å². The van der Waals surface area contributed by atoms with E-state index in [1.165, 1.54) is 0 Å². The van der Waals surface area contributed by atoms with E-state index in [1.807, 2.05) is 0 Å². The maximum atomic E-state index is 11.6. The van der Waals surface area contributed by atoms with E-state index in [2.05, 4.69) is 4.72 Å². The monoisotopic (exact) mass is 213 g/mol. The van der Waals surface area contributed by atoms with Crippen LogP contribution < -0.4 is 4.72 Å². The number of hydrogen-bond donors (Lipinski definition) is 1. The second kappa shape index (κ2) is 2.39. The van der Waals surface area contributed by atoms with E-state index in [4.69, 9.17) is 0 Å². The third-order valence-electron chi connectivity index (χ3n) is 3.54. The maximum absolute atomic E-state index is 11.6. The molecule has 14 heavy (non-hydrogen) atoms. The molecule has 4 rings (SSSR count). The van der Waals surface area contributed by atoms with Crippen molar-refractivity contribution in [2.24, 2.45) is 11.8 Å². The Bertz CT molecular complexity index is 439. The van der Waals surface area contributed by atoms with Crippen molar-refractivity contribution >= 4 is 15.9 Å². The molecule has 0 aromatic rings. The molecule has 2 bridgehead atoms. The van der Waals surface area contributed by atoms with Gasteiger partial charge in [0.1, 0.15) is 0 Å². The molecule has 5 heteroatoms. The van der Waals surface area contributed by atoms with Gasteiger partial charge in [0.25, 0.3) is 10.0 Å². The summed E-state index contributed by atoms with van der Waals surface area (Å²) in [6.07, 6.45) is 3.69. The first-order valence-electron chi connectivity index (χ1n) is 4.88. The van der Waals surface area contributed by atoms with Crippen molar-refractivity contribution in [3.8, 4) is 0 Å². The number of carbonyl (C=O) groups excluding carboxylic acids is 1. The number of allylic oxidation sites excluding steroid dienone is 1. The quantitative estimate of drug-likeness (QED) is 0.638. The zero-order valence-corrected chi connectivity index (χ0v) is 8.43. The summed E-state index contributed by atoms with van der Waals surface area (Å²) in [5, 5.41) is 0. The number of sulfonamides is 1. The fraction of sp³-hybridized carbons (Fsp3) is 0.667. The van der Waals surface area contributed by atoms with Crippen molar-refractivity contribution in [2.45, 2.75) is 25.7 Å². The van der Waals surface area contributed by atoms with Gasteiger partial charge in [0.05, 0.1) is 10.8 Å². The van der Waals surface area contributed by atoms with Crippen LogP contribution in [-0.2, 0) is 14.8 Å². The molecule has 1 N–H and O–H groups in total. The summed E-state index contributed by atoms with van der Waals surface area (Å²) in [6.45, 7) is 0. The van der Waals surface area contributed by atoms with Gasteiger partial charge >= 0.3 is 0 Å². The lowest BCUT2D eigenvalue weighted by Gasteiger charge is -2.34. The third kappa shape index (κ3) is 0.881. The van der Waals surface area contributed by atoms with Gasteiger partial charge in [0.15, 0.2) is 0 Å². The van der Waals surface area contributed by atoms with Gasteiger partial charge in [0, 0.05) is 0 Å². The molecule has 1 amide bonds. The number of fused-ring (bicyclic) bond motifs is 2. The Kier molecular flexibility index (Phi) is 1.45. The van der Waals surface area contributed by atoms with Crippen LogP contribution in [0.5, 0.6) is 0 Å². The van der Waals surface area contributed by atoms with Crippen LogP contribution in [-0.4, -0.2) is 14.3 Å². The zero-order valence-electron chi connectivity index (χ0n) is 7.62. The van der Waals surface area contributed by atoms with Crippen LogP contribution in [0.1, 0.15) is 25.7 Å². The Morgan fingerprint density at radius 1 is 1.21 bits per heavy atom. The molecule has 1 atom stereocenters. The molecule has 1 unspecified atom stereocenters. The normalized spacial score (nSPS) is 38.4.